The fourth-order valence-corrected chi connectivity index (χ4v) is 6.07. The molecule has 2 aromatic rings. The third-order valence-corrected chi connectivity index (χ3v) is 7.76. The summed E-state index contributed by atoms with van der Waals surface area (Å²) in [6.07, 6.45) is 10.0. The van der Waals surface area contributed by atoms with Gasteiger partial charge < -0.3 is 15.4 Å². The van der Waals surface area contributed by atoms with E-state index in [9.17, 15) is 4.79 Å². The van der Waals surface area contributed by atoms with E-state index in [0.717, 1.165) is 43.8 Å². The monoisotopic (exact) mass is 427 g/mol. The van der Waals surface area contributed by atoms with Gasteiger partial charge in [0.25, 0.3) is 5.91 Å². The molecule has 0 aromatic carbocycles. The molecule has 1 amide bonds. The van der Waals surface area contributed by atoms with Crippen molar-refractivity contribution in [1.29, 1.82) is 0 Å². The largest absolute Gasteiger partial charge is 0.375 e. The van der Waals surface area contributed by atoms with Gasteiger partial charge in [-0.05, 0) is 69.8 Å². The van der Waals surface area contributed by atoms with Gasteiger partial charge in [-0.25, -0.2) is 0 Å². The molecule has 6 heteroatoms. The van der Waals surface area contributed by atoms with Crippen LogP contribution in [0.1, 0.15) is 72.1 Å². The Bertz CT molecular complexity index is 832. The van der Waals surface area contributed by atoms with E-state index >= 15 is 0 Å². The van der Waals surface area contributed by atoms with E-state index in [-0.39, 0.29) is 16.9 Å². The normalized spacial score (nSPS) is 23.0. The fraction of sp³-hybridized carbons (Fsp3) is 0.583. The number of pyridine rings is 1. The highest BCUT2D eigenvalue weighted by atomic mass is 32.1. The number of hydrogen-bond donors (Lipinski definition) is 2. The van der Waals surface area contributed by atoms with Gasteiger partial charge >= 0.3 is 0 Å². The van der Waals surface area contributed by atoms with Crippen LogP contribution >= 0.6 is 11.3 Å². The summed E-state index contributed by atoms with van der Waals surface area (Å²) in [5.74, 6) is 0.0203. The van der Waals surface area contributed by atoms with E-state index in [4.69, 9.17) is 9.72 Å². The lowest BCUT2D eigenvalue weighted by molar-refractivity contribution is -0.104. The van der Waals surface area contributed by atoms with Gasteiger partial charge in [0.15, 0.2) is 0 Å². The summed E-state index contributed by atoms with van der Waals surface area (Å²) in [4.78, 5) is 18.7. The molecule has 0 unspecified atom stereocenters. The molecule has 1 atom stereocenters. The number of carbonyl (C=O) groups is 1. The first-order valence-electron chi connectivity index (χ1n) is 11.3. The third-order valence-electron chi connectivity index (χ3n) is 6.67. The molecule has 2 fully saturated rings. The Balaban J connectivity index is 1.39. The molecule has 162 valence electrons. The molecular weight excluding hydrogens is 394 g/mol. The zero-order chi connectivity index (χ0) is 20.9. The molecule has 30 heavy (non-hydrogen) atoms. The first-order valence-corrected chi connectivity index (χ1v) is 12.1. The summed E-state index contributed by atoms with van der Waals surface area (Å²) in [5.41, 5.74) is 1.36. The summed E-state index contributed by atoms with van der Waals surface area (Å²) in [6, 6.07) is 10.3. The Kier molecular flexibility index (Phi) is 6.86. The van der Waals surface area contributed by atoms with Gasteiger partial charge in [0, 0.05) is 41.9 Å². The number of thiophene rings is 1. The maximum absolute atomic E-state index is 12.0. The minimum absolute atomic E-state index is 0.0203. The minimum Gasteiger partial charge on any atom is -0.375 e. The van der Waals surface area contributed by atoms with Crippen LogP contribution in [0.3, 0.4) is 0 Å². The number of nitrogens with one attached hydrogen (secondary N) is 2. The molecule has 1 saturated heterocycles. The highest BCUT2D eigenvalue weighted by molar-refractivity contribution is 7.14. The predicted octanol–water partition coefficient (Wildman–Crippen LogP) is 4.43. The van der Waals surface area contributed by atoms with Crippen LogP contribution in [0.4, 0.5) is 0 Å². The predicted molar refractivity (Wildman–Crippen MR) is 121 cm³/mol. The summed E-state index contributed by atoms with van der Waals surface area (Å²) in [5, 5.41) is 6.48. The molecule has 2 N–H and O–H groups in total. The van der Waals surface area contributed by atoms with E-state index in [1.165, 1.54) is 36.3 Å². The number of ether oxygens (including phenoxy) is 1. The molecule has 1 aliphatic heterocycles. The fourth-order valence-electron chi connectivity index (χ4n) is 5.18. The Labute approximate surface area is 183 Å². The van der Waals surface area contributed by atoms with Gasteiger partial charge in [0.05, 0.1) is 10.5 Å². The van der Waals surface area contributed by atoms with Crippen molar-refractivity contribution in [2.75, 3.05) is 19.7 Å². The molecule has 1 spiro atoms. The number of carbonyl (C=O) groups excluding carboxylic acids is 1. The van der Waals surface area contributed by atoms with Crippen molar-refractivity contribution in [3.05, 3.63) is 52.0 Å². The number of rotatable bonds is 8. The lowest BCUT2D eigenvalue weighted by Crippen LogP contribution is -2.47. The van der Waals surface area contributed by atoms with Gasteiger partial charge in [-0.3, -0.25) is 9.78 Å². The Hall–Kier alpha value is -1.76. The summed E-state index contributed by atoms with van der Waals surface area (Å²) >= 11 is 1.57. The first-order chi connectivity index (χ1) is 14.6. The van der Waals surface area contributed by atoms with Crippen molar-refractivity contribution < 1.29 is 9.53 Å². The minimum atomic E-state index is 0.0203. The van der Waals surface area contributed by atoms with Crippen LogP contribution in [0, 0.1) is 0 Å². The summed E-state index contributed by atoms with van der Waals surface area (Å²) in [6.45, 7) is 5.16. The van der Waals surface area contributed by atoms with E-state index < -0.39 is 0 Å². The Morgan fingerprint density at radius 2 is 2.07 bits per heavy atom. The average Bonchev–Trinajstić information content (AvgIpc) is 3.42. The molecular formula is C24H33N3O2S. The smallest absolute Gasteiger partial charge is 0.261 e. The van der Waals surface area contributed by atoms with Crippen molar-refractivity contribution in [3.63, 3.8) is 0 Å². The van der Waals surface area contributed by atoms with Crippen molar-refractivity contribution in [2.45, 2.75) is 69.4 Å². The number of amides is 1. The van der Waals surface area contributed by atoms with Crippen LogP contribution in [0.15, 0.2) is 36.5 Å². The maximum Gasteiger partial charge on any atom is 0.261 e. The van der Waals surface area contributed by atoms with Gasteiger partial charge in [-0.2, -0.15) is 0 Å². The van der Waals surface area contributed by atoms with E-state index in [1.807, 2.05) is 25.3 Å². The van der Waals surface area contributed by atoms with Crippen molar-refractivity contribution in [1.82, 2.24) is 15.6 Å². The number of hydrogen-bond acceptors (Lipinski definition) is 5. The van der Waals surface area contributed by atoms with Crippen LogP contribution in [-0.2, 0) is 16.7 Å². The lowest BCUT2D eigenvalue weighted by atomic mass is 9.68. The Morgan fingerprint density at radius 3 is 2.83 bits per heavy atom. The number of aromatic nitrogens is 1. The summed E-state index contributed by atoms with van der Waals surface area (Å²) < 4.78 is 6.34. The van der Waals surface area contributed by atoms with Crippen LogP contribution in [-0.4, -0.2) is 36.2 Å². The molecule has 5 nitrogen and oxygen atoms in total. The Morgan fingerprint density at radius 1 is 1.20 bits per heavy atom. The third kappa shape index (κ3) is 4.76. The molecule has 0 radical (unpaired) electrons. The van der Waals surface area contributed by atoms with E-state index in [2.05, 4.69) is 28.8 Å². The quantitative estimate of drug-likeness (QED) is 0.612. The highest BCUT2D eigenvalue weighted by Crippen LogP contribution is 2.49. The standard InChI is InChI=1S/C24H33N3O2S/c1-2-26-22(28)20-9-8-19(30-20)17-25-15-12-23(21-7-3-6-14-27-21)13-16-29-24(18-23)10-4-5-11-24/h3,6-9,14,25H,2,4-5,10-13,15-18H2,1H3,(H,26,28)/t23-/m1/s1. The molecule has 1 aliphatic carbocycles. The second kappa shape index (κ2) is 9.58. The van der Waals surface area contributed by atoms with Crippen molar-refractivity contribution in [2.24, 2.45) is 0 Å². The second-order valence-electron chi connectivity index (χ2n) is 8.71. The molecule has 3 heterocycles. The first kappa shape index (κ1) is 21.5. The molecule has 2 aliphatic rings. The second-order valence-corrected chi connectivity index (χ2v) is 9.88. The average molecular weight is 428 g/mol. The van der Waals surface area contributed by atoms with Crippen LogP contribution < -0.4 is 10.6 Å². The zero-order valence-electron chi connectivity index (χ0n) is 17.9. The van der Waals surface area contributed by atoms with Gasteiger partial charge in [0.2, 0.25) is 0 Å². The molecule has 2 aromatic heterocycles. The van der Waals surface area contributed by atoms with Gasteiger partial charge in [-0.1, -0.05) is 18.9 Å². The van der Waals surface area contributed by atoms with Crippen LogP contribution in [0.25, 0.3) is 0 Å². The SMILES string of the molecule is CCNC(=O)c1ccc(CNCC[C@@]2(c3ccccn3)CCOC3(CCCC3)C2)s1. The number of nitrogens with zero attached hydrogens (tertiary/aromatic N) is 1. The topological polar surface area (TPSA) is 63.2 Å². The molecule has 1 saturated carbocycles. The van der Waals surface area contributed by atoms with Gasteiger partial charge in [-0.15, -0.1) is 11.3 Å². The van der Waals surface area contributed by atoms with Crippen molar-refractivity contribution in [3.8, 4) is 0 Å². The van der Waals surface area contributed by atoms with Crippen LogP contribution in [0.2, 0.25) is 0 Å². The van der Waals surface area contributed by atoms with Gasteiger partial charge in [0.1, 0.15) is 0 Å². The highest BCUT2D eigenvalue weighted by Gasteiger charge is 2.48. The van der Waals surface area contributed by atoms with Crippen molar-refractivity contribution >= 4 is 17.2 Å². The maximum atomic E-state index is 12.0. The molecule has 4 rings (SSSR count). The van der Waals surface area contributed by atoms with Crippen LogP contribution in [0.5, 0.6) is 0 Å². The zero-order valence-corrected chi connectivity index (χ0v) is 18.7. The van der Waals surface area contributed by atoms with E-state index in [1.54, 1.807) is 11.3 Å². The summed E-state index contributed by atoms with van der Waals surface area (Å²) in [7, 11) is 0. The lowest BCUT2D eigenvalue weighted by Gasteiger charge is -2.46. The van der Waals surface area contributed by atoms with E-state index in [0.29, 0.717) is 6.54 Å². The molecule has 0 bridgehead atoms.